The van der Waals surface area contributed by atoms with Crippen LogP contribution in [-0.4, -0.2) is 33.5 Å². The van der Waals surface area contributed by atoms with Crippen molar-refractivity contribution in [1.82, 2.24) is 0 Å². The predicted octanol–water partition coefficient (Wildman–Crippen LogP) is 4.63. The minimum absolute atomic E-state index is 0.0149. The average molecular weight is 518 g/mol. The highest BCUT2D eigenvalue weighted by Gasteiger charge is 2.47. The molecular formula is C26H18N2O10. The molecule has 0 amide bonds. The lowest BCUT2D eigenvalue weighted by Crippen LogP contribution is -2.34. The number of nitrogens with zero attached hydrogens (tertiary/aromatic N) is 2. The fourth-order valence-electron chi connectivity index (χ4n) is 3.86. The topological polar surface area (TPSA) is 165 Å². The third-order valence-corrected chi connectivity index (χ3v) is 5.70. The Hall–Kier alpha value is -5.39. The van der Waals surface area contributed by atoms with E-state index in [0.29, 0.717) is 0 Å². The summed E-state index contributed by atoms with van der Waals surface area (Å²) in [6, 6.07) is 15.7. The summed E-state index contributed by atoms with van der Waals surface area (Å²) < 4.78 is 16.5. The van der Waals surface area contributed by atoms with Crippen LogP contribution in [0.25, 0.3) is 5.57 Å². The van der Waals surface area contributed by atoms with Crippen LogP contribution >= 0.6 is 0 Å². The molecule has 0 aromatic heterocycles. The SMILES string of the molecule is CC1=C(c2ccccc2OC(=O)c2ccc([N+](=O)[O-])cc2)[C@@](C)(OC(=O)c2ccc([N+](=O)[O-])cc2)OC1=O. The first kappa shape index (κ1) is 25.7. The van der Waals surface area contributed by atoms with Crippen LogP contribution in [0.3, 0.4) is 0 Å². The van der Waals surface area contributed by atoms with E-state index < -0.39 is 33.5 Å². The fraction of sp³-hybridized carbons (Fsp3) is 0.115. The quantitative estimate of drug-likeness (QED) is 0.186. The van der Waals surface area contributed by atoms with Gasteiger partial charge in [0.1, 0.15) is 5.75 Å². The molecule has 0 bridgehead atoms. The maximum absolute atomic E-state index is 12.9. The molecule has 1 atom stereocenters. The summed E-state index contributed by atoms with van der Waals surface area (Å²) in [6.07, 6.45) is 0. The molecule has 0 saturated carbocycles. The van der Waals surface area contributed by atoms with Gasteiger partial charge in [-0.25, -0.2) is 14.4 Å². The molecule has 0 N–H and O–H groups in total. The Morgan fingerprint density at radius 2 is 1.32 bits per heavy atom. The molecule has 0 aliphatic carbocycles. The van der Waals surface area contributed by atoms with Gasteiger partial charge in [0.2, 0.25) is 0 Å². The van der Waals surface area contributed by atoms with Crippen molar-refractivity contribution >= 4 is 34.9 Å². The van der Waals surface area contributed by atoms with E-state index in [0.717, 1.165) is 24.3 Å². The van der Waals surface area contributed by atoms with E-state index in [-0.39, 0.29) is 45.0 Å². The number of carbonyl (C=O) groups excluding carboxylic acids is 3. The number of hydrogen-bond acceptors (Lipinski definition) is 10. The van der Waals surface area contributed by atoms with Gasteiger partial charge in [-0.05, 0) is 37.3 Å². The molecular weight excluding hydrogens is 500 g/mol. The lowest BCUT2D eigenvalue weighted by atomic mass is 9.95. The number of esters is 3. The van der Waals surface area contributed by atoms with E-state index in [2.05, 4.69) is 0 Å². The van der Waals surface area contributed by atoms with E-state index in [9.17, 15) is 34.6 Å². The highest BCUT2D eigenvalue weighted by molar-refractivity contribution is 6.05. The zero-order valence-electron chi connectivity index (χ0n) is 19.9. The molecule has 1 aliphatic rings. The third-order valence-electron chi connectivity index (χ3n) is 5.70. The standard InChI is InChI=1S/C26H18N2O10/c1-15-22(26(2,37-23(15)29)38-25(31)17-9-13-19(14-10-17)28(34)35)20-5-3-4-6-21(20)36-24(30)16-7-11-18(12-8-16)27(32)33/h3-14H,1-2H3/t26-/m1/s1. The first-order valence-corrected chi connectivity index (χ1v) is 11.0. The molecule has 0 radical (unpaired) electrons. The summed E-state index contributed by atoms with van der Waals surface area (Å²) in [7, 11) is 0. The van der Waals surface area contributed by atoms with Crippen LogP contribution in [0.2, 0.25) is 0 Å². The normalized spacial score (nSPS) is 16.5. The number of non-ortho nitro benzene ring substituents is 2. The largest absolute Gasteiger partial charge is 0.422 e. The third kappa shape index (κ3) is 4.95. The van der Waals surface area contributed by atoms with Crippen LogP contribution in [0, 0.1) is 20.2 Å². The summed E-state index contributed by atoms with van der Waals surface area (Å²) in [5, 5.41) is 21.8. The maximum atomic E-state index is 12.9. The molecule has 12 heteroatoms. The van der Waals surface area contributed by atoms with Crippen molar-refractivity contribution in [3.63, 3.8) is 0 Å². The monoisotopic (exact) mass is 518 g/mol. The van der Waals surface area contributed by atoms with Crippen LogP contribution in [0.1, 0.15) is 40.1 Å². The van der Waals surface area contributed by atoms with Gasteiger partial charge in [0.05, 0.1) is 26.5 Å². The van der Waals surface area contributed by atoms with Crippen molar-refractivity contribution in [3.05, 3.63) is 115 Å². The van der Waals surface area contributed by atoms with E-state index >= 15 is 0 Å². The van der Waals surface area contributed by atoms with Gasteiger partial charge in [-0.15, -0.1) is 0 Å². The first-order chi connectivity index (χ1) is 18.0. The molecule has 3 aromatic carbocycles. The number of nitro groups is 2. The van der Waals surface area contributed by atoms with Crippen LogP contribution < -0.4 is 4.74 Å². The van der Waals surface area contributed by atoms with Gasteiger partial charge in [-0.2, -0.15) is 0 Å². The van der Waals surface area contributed by atoms with Gasteiger partial charge in [0.25, 0.3) is 17.2 Å². The van der Waals surface area contributed by atoms with Crippen molar-refractivity contribution in [1.29, 1.82) is 0 Å². The summed E-state index contributed by atoms with van der Waals surface area (Å²) in [5.74, 6) is -4.41. The maximum Gasteiger partial charge on any atom is 0.343 e. The molecule has 12 nitrogen and oxygen atoms in total. The summed E-state index contributed by atoms with van der Waals surface area (Å²) in [5.41, 5.74) is 0.0601. The van der Waals surface area contributed by atoms with Crippen LogP contribution in [0.4, 0.5) is 11.4 Å². The summed E-state index contributed by atoms with van der Waals surface area (Å²) in [4.78, 5) is 58.7. The Morgan fingerprint density at radius 1 is 0.816 bits per heavy atom. The van der Waals surface area contributed by atoms with Crippen LogP contribution in [0.5, 0.6) is 5.75 Å². The van der Waals surface area contributed by atoms with Crippen LogP contribution in [-0.2, 0) is 14.3 Å². The van der Waals surface area contributed by atoms with Crippen molar-refractivity contribution < 1.29 is 38.4 Å². The van der Waals surface area contributed by atoms with Crippen molar-refractivity contribution in [3.8, 4) is 5.75 Å². The minimum atomic E-state index is -1.92. The molecule has 0 spiro atoms. The zero-order chi connectivity index (χ0) is 27.6. The van der Waals surface area contributed by atoms with E-state index in [1.54, 1.807) is 12.1 Å². The highest BCUT2D eigenvalue weighted by Crippen LogP contribution is 2.44. The molecule has 4 rings (SSSR count). The zero-order valence-corrected chi connectivity index (χ0v) is 19.9. The lowest BCUT2D eigenvalue weighted by molar-refractivity contribution is -0.385. The van der Waals surface area contributed by atoms with Crippen molar-refractivity contribution in [2.24, 2.45) is 0 Å². The predicted molar refractivity (Wildman–Crippen MR) is 130 cm³/mol. The van der Waals surface area contributed by atoms with Gasteiger partial charge in [0, 0.05) is 42.3 Å². The second-order valence-electron chi connectivity index (χ2n) is 8.22. The molecule has 1 aliphatic heterocycles. The molecule has 0 saturated heterocycles. The number of hydrogen-bond donors (Lipinski definition) is 0. The smallest absolute Gasteiger partial charge is 0.343 e. The number of para-hydroxylation sites is 1. The van der Waals surface area contributed by atoms with E-state index in [1.807, 2.05) is 0 Å². The molecule has 38 heavy (non-hydrogen) atoms. The average Bonchev–Trinajstić information content (AvgIpc) is 3.11. The second kappa shape index (κ2) is 9.93. The Labute approximate surface area is 214 Å². The molecule has 0 fully saturated rings. The Balaban J connectivity index is 1.64. The second-order valence-corrected chi connectivity index (χ2v) is 8.22. The number of benzene rings is 3. The van der Waals surface area contributed by atoms with Gasteiger partial charge in [0.15, 0.2) is 0 Å². The lowest BCUT2D eigenvalue weighted by Gasteiger charge is -2.27. The molecule has 1 heterocycles. The summed E-state index contributed by atoms with van der Waals surface area (Å²) >= 11 is 0. The molecule has 3 aromatic rings. The van der Waals surface area contributed by atoms with Gasteiger partial charge in [-0.3, -0.25) is 20.2 Å². The van der Waals surface area contributed by atoms with Gasteiger partial charge in [-0.1, -0.05) is 18.2 Å². The van der Waals surface area contributed by atoms with E-state index in [4.69, 9.17) is 14.2 Å². The van der Waals surface area contributed by atoms with Crippen molar-refractivity contribution in [2.75, 3.05) is 0 Å². The van der Waals surface area contributed by atoms with Gasteiger partial charge < -0.3 is 14.2 Å². The molecule has 0 unspecified atom stereocenters. The Bertz CT molecular complexity index is 1510. The Morgan fingerprint density at radius 3 is 1.84 bits per heavy atom. The minimum Gasteiger partial charge on any atom is -0.422 e. The summed E-state index contributed by atoms with van der Waals surface area (Å²) in [6.45, 7) is 2.80. The number of carbonyl (C=O) groups is 3. The highest BCUT2D eigenvalue weighted by atomic mass is 16.7. The number of cyclic esters (lactones) is 1. The van der Waals surface area contributed by atoms with E-state index in [1.165, 1.54) is 50.2 Å². The van der Waals surface area contributed by atoms with Crippen molar-refractivity contribution in [2.45, 2.75) is 19.6 Å². The fourth-order valence-corrected chi connectivity index (χ4v) is 3.86. The number of ether oxygens (including phenoxy) is 3. The van der Waals surface area contributed by atoms with Gasteiger partial charge >= 0.3 is 17.9 Å². The van der Waals surface area contributed by atoms with Crippen LogP contribution in [0.15, 0.2) is 78.4 Å². The molecule has 192 valence electrons. The number of rotatable bonds is 7. The number of nitro benzene ring substituents is 2. The Kier molecular flexibility index (Phi) is 6.72. The first-order valence-electron chi connectivity index (χ1n) is 11.0.